The van der Waals surface area contributed by atoms with Crippen LogP contribution in [0, 0.1) is 0 Å². The number of carbonyl (C=O) groups is 1. The van der Waals surface area contributed by atoms with Crippen molar-refractivity contribution >= 4 is 5.78 Å². The molecular weight excluding hydrogens is 126 g/mol. The summed E-state index contributed by atoms with van der Waals surface area (Å²) in [6.07, 6.45) is 2.43. The number of nitrogens with one attached hydrogen (secondary N) is 1. The van der Waals surface area contributed by atoms with Gasteiger partial charge in [0.1, 0.15) is 5.78 Å². The first-order chi connectivity index (χ1) is 4.56. The minimum atomic E-state index is -0.415. The zero-order chi connectivity index (χ0) is 8.20. The third-order valence-electron chi connectivity index (χ3n) is 1.88. The van der Waals surface area contributed by atoms with E-state index >= 15 is 0 Å². The Morgan fingerprint density at radius 1 is 1.80 bits per heavy atom. The second-order valence-electron chi connectivity index (χ2n) is 2.63. The maximum Gasteiger partial charge on any atom is 0.149 e. The summed E-state index contributed by atoms with van der Waals surface area (Å²) in [6.45, 7) is 7.04. The van der Waals surface area contributed by atoms with Crippen LogP contribution in [0.3, 0.4) is 0 Å². The molecule has 0 spiro atoms. The van der Waals surface area contributed by atoms with Gasteiger partial charge in [-0.1, -0.05) is 6.08 Å². The lowest BCUT2D eigenvalue weighted by atomic mass is 9.94. The second-order valence-corrected chi connectivity index (χ2v) is 2.63. The van der Waals surface area contributed by atoms with E-state index in [0.29, 0.717) is 6.42 Å². The Hall–Kier alpha value is -0.630. The number of hydrogen-bond acceptors (Lipinski definition) is 2. The van der Waals surface area contributed by atoms with Gasteiger partial charge in [0.05, 0.1) is 5.54 Å². The highest BCUT2D eigenvalue weighted by Crippen LogP contribution is 2.09. The van der Waals surface area contributed by atoms with Crippen molar-refractivity contribution < 1.29 is 4.79 Å². The Labute approximate surface area is 62.3 Å². The van der Waals surface area contributed by atoms with Crippen LogP contribution in [0.2, 0.25) is 0 Å². The first-order valence-corrected chi connectivity index (χ1v) is 3.37. The van der Waals surface area contributed by atoms with E-state index in [1.807, 2.05) is 6.92 Å². The Bertz CT molecular complexity index is 142. The number of carbonyl (C=O) groups excluding carboxylic acids is 1. The summed E-state index contributed by atoms with van der Waals surface area (Å²) in [5.41, 5.74) is -0.415. The van der Waals surface area contributed by atoms with Crippen LogP contribution in [0.4, 0.5) is 0 Å². The first kappa shape index (κ1) is 9.37. The van der Waals surface area contributed by atoms with Crippen LogP contribution in [0.15, 0.2) is 12.7 Å². The average Bonchev–Trinajstić information content (AvgIpc) is 1.88. The van der Waals surface area contributed by atoms with Gasteiger partial charge in [-0.3, -0.25) is 4.79 Å². The highest BCUT2D eigenvalue weighted by molar-refractivity contribution is 5.85. The third kappa shape index (κ3) is 1.95. The molecule has 0 aliphatic rings. The van der Waals surface area contributed by atoms with Crippen molar-refractivity contribution in [1.29, 1.82) is 0 Å². The number of likely N-dealkylation sites (N-methyl/N-ethyl adjacent to an activating group) is 1. The fourth-order valence-electron chi connectivity index (χ4n) is 0.710. The van der Waals surface area contributed by atoms with Crippen molar-refractivity contribution in [3.63, 3.8) is 0 Å². The average molecular weight is 141 g/mol. The van der Waals surface area contributed by atoms with Gasteiger partial charge in [0, 0.05) is 0 Å². The summed E-state index contributed by atoms with van der Waals surface area (Å²) in [6, 6.07) is 0. The highest BCUT2D eigenvalue weighted by atomic mass is 16.1. The molecule has 0 aromatic heterocycles. The monoisotopic (exact) mass is 141 g/mol. The number of rotatable bonds is 4. The Kier molecular flexibility index (Phi) is 3.30. The summed E-state index contributed by atoms with van der Waals surface area (Å²) < 4.78 is 0. The SMILES string of the molecule is C=CC[C@](C)(NC)C(C)=O. The van der Waals surface area contributed by atoms with Crippen LogP contribution >= 0.6 is 0 Å². The van der Waals surface area contributed by atoms with E-state index in [0.717, 1.165) is 0 Å². The van der Waals surface area contributed by atoms with Gasteiger partial charge < -0.3 is 5.32 Å². The maximum atomic E-state index is 11.0. The molecule has 0 fully saturated rings. The minimum Gasteiger partial charge on any atom is -0.308 e. The highest BCUT2D eigenvalue weighted by Gasteiger charge is 2.25. The van der Waals surface area contributed by atoms with Crippen LogP contribution in [0.1, 0.15) is 20.3 Å². The fourth-order valence-corrected chi connectivity index (χ4v) is 0.710. The molecule has 1 atom stereocenters. The molecule has 0 aromatic rings. The summed E-state index contributed by atoms with van der Waals surface area (Å²) in [7, 11) is 1.78. The number of Topliss-reactive ketones (excluding diaryl/α,β-unsaturated/α-hetero) is 1. The smallest absolute Gasteiger partial charge is 0.149 e. The molecule has 0 aromatic carbocycles. The Morgan fingerprint density at radius 2 is 2.30 bits per heavy atom. The Morgan fingerprint density at radius 3 is 2.40 bits per heavy atom. The predicted molar refractivity (Wildman–Crippen MR) is 43.0 cm³/mol. The summed E-state index contributed by atoms with van der Waals surface area (Å²) >= 11 is 0. The molecule has 58 valence electrons. The van der Waals surface area contributed by atoms with Crippen molar-refractivity contribution in [3.05, 3.63) is 12.7 Å². The van der Waals surface area contributed by atoms with Gasteiger partial charge >= 0.3 is 0 Å². The number of ketones is 1. The van der Waals surface area contributed by atoms with Gasteiger partial charge in [-0.05, 0) is 27.3 Å². The van der Waals surface area contributed by atoms with E-state index in [1.165, 1.54) is 0 Å². The van der Waals surface area contributed by atoms with Crippen LogP contribution < -0.4 is 5.32 Å². The van der Waals surface area contributed by atoms with E-state index < -0.39 is 5.54 Å². The predicted octanol–water partition coefficient (Wildman–Crippen LogP) is 1.13. The minimum absolute atomic E-state index is 0.148. The molecule has 0 amide bonds. The molecule has 0 bridgehead atoms. The van der Waals surface area contributed by atoms with E-state index in [9.17, 15) is 4.79 Å². The largest absolute Gasteiger partial charge is 0.308 e. The van der Waals surface area contributed by atoms with E-state index in [-0.39, 0.29) is 5.78 Å². The van der Waals surface area contributed by atoms with Gasteiger partial charge in [0.2, 0.25) is 0 Å². The lowest BCUT2D eigenvalue weighted by molar-refractivity contribution is -0.122. The zero-order valence-corrected chi connectivity index (χ0v) is 6.90. The topological polar surface area (TPSA) is 29.1 Å². The molecule has 2 heteroatoms. The van der Waals surface area contributed by atoms with Crippen molar-refractivity contribution in [2.45, 2.75) is 25.8 Å². The van der Waals surface area contributed by atoms with Gasteiger partial charge in [0.15, 0.2) is 0 Å². The summed E-state index contributed by atoms with van der Waals surface area (Å²) in [5, 5.41) is 2.96. The molecule has 1 N–H and O–H groups in total. The zero-order valence-electron chi connectivity index (χ0n) is 6.90. The van der Waals surface area contributed by atoms with Crippen LogP contribution in [0.25, 0.3) is 0 Å². The van der Waals surface area contributed by atoms with Crippen LogP contribution in [-0.4, -0.2) is 18.4 Å². The summed E-state index contributed by atoms with van der Waals surface area (Å²) in [4.78, 5) is 11.0. The maximum absolute atomic E-state index is 11.0. The molecule has 0 rings (SSSR count). The van der Waals surface area contributed by atoms with Gasteiger partial charge in [-0.2, -0.15) is 0 Å². The molecular formula is C8H15NO. The van der Waals surface area contributed by atoms with E-state index in [1.54, 1.807) is 20.0 Å². The van der Waals surface area contributed by atoms with Gasteiger partial charge in [-0.25, -0.2) is 0 Å². The Balaban J connectivity index is 4.21. The molecule has 0 aliphatic carbocycles. The molecule has 2 nitrogen and oxygen atoms in total. The molecule has 0 unspecified atom stereocenters. The fraction of sp³-hybridized carbons (Fsp3) is 0.625. The molecule has 10 heavy (non-hydrogen) atoms. The first-order valence-electron chi connectivity index (χ1n) is 3.37. The van der Waals surface area contributed by atoms with Crippen molar-refractivity contribution in [2.24, 2.45) is 0 Å². The van der Waals surface area contributed by atoms with Gasteiger partial charge in [-0.15, -0.1) is 6.58 Å². The van der Waals surface area contributed by atoms with E-state index in [2.05, 4.69) is 11.9 Å². The van der Waals surface area contributed by atoms with Crippen molar-refractivity contribution in [2.75, 3.05) is 7.05 Å². The van der Waals surface area contributed by atoms with Crippen molar-refractivity contribution in [1.82, 2.24) is 5.32 Å². The molecule has 0 radical (unpaired) electrons. The van der Waals surface area contributed by atoms with Gasteiger partial charge in [0.25, 0.3) is 0 Å². The van der Waals surface area contributed by atoms with Crippen molar-refractivity contribution in [3.8, 4) is 0 Å². The van der Waals surface area contributed by atoms with E-state index in [4.69, 9.17) is 0 Å². The van der Waals surface area contributed by atoms with Crippen LogP contribution in [0.5, 0.6) is 0 Å². The van der Waals surface area contributed by atoms with Crippen LogP contribution in [-0.2, 0) is 4.79 Å². The second kappa shape index (κ2) is 3.52. The molecule has 0 saturated heterocycles. The molecule has 0 aliphatic heterocycles. The molecule has 0 heterocycles. The summed E-state index contributed by atoms with van der Waals surface area (Å²) in [5.74, 6) is 0.148. The number of hydrogen-bond donors (Lipinski definition) is 1. The lowest BCUT2D eigenvalue weighted by Gasteiger charge is -2.24. The third-order valence-corrected chi connectivity index (χ3v) is 1.88. The quantitative estimate of drug-likeness (QED) is 0.595. The normalized spacial score (nSPS) is 15.9. The standard InChI is InChI=1S/C8H15NO/c1-5-6-8(3,9-4)7(2)10/h5,9H,1,6H2,2-4H3/t8-/m0/s1. The molecule has 0 saturated carbocycles. The lowest BCUT2D eigenvalue weighted by Crippen LogP contribution is -2.45.